The van der Waals surface area contributed by atoms with Crippen molar-refractivity contribution in [3.05, 3.63) is 34.9 Å². The number of hydrogen-bond acceptors (Lipinski definition) is 2. The van der Waals surface area contributed by atoms with Gasteiger partial charge in [0.25, 0.3) is 0 Å². The van der Waals surface area contributed by atoms with E-state index in [0.717, 1.165) is 18.1 Å². The second-order valence-corrected chi connectivity index (χ2v) is 5.74. The van der Waals surface area contributed by atoms with Gasteiger partial charge in [0.2, 0.25) is 0 Å². The summed E-state index contributed by atoms with van der Waals surface area (Å²) in [5, 5.41) is 4.14. The summed E-state index contributed by atoms with van der Waals surface area (Å²) in [6.07, 6.45) is 2.65. The molecule has 19 heavy (non-hydrogen) atoms. The maximum Gasteiger partial charge on any atom is 0.0408 e. The summed E-state index contributed by atoms with van der Waals surface area (Å²) in [7, 11) is 2.04. The van der Waals surface area contributed by atoms with Gasteiger partial charge in [-0.25, -0.2) is 0 Å². The van der Waals surface area contributed by atoms with Crippen molar-refractivity contribution in [1.29, 1.82) is 0 Å². The molecule has 1 fully saturated rings. The molecule has 2 unspecified atom stereocenters. The Labute approximate surface area is 127 Å². The van der Waals surface area contributed by atoms with E-state index in [4.69, 9.17) is 11.6 Å². The van der Waals surface area contributed by atoms with Crippen LogP contribution in [-0.4, -0.2) is 37.6 Å². The summed E-state index contributed by atoms with van der Waals surface area (Å²) < 4.78 is 0. The molecule has 4 heteroatoms. The third-order valence-corrected chi connectivity index (χ3v) is 4.10. The van der Waals surface area contributed by atoms with Gasteiger partial charge in [-0.05, 0) is 50.0 Å². The molecular formula is C15H24Cl2N2. The molecule has 0 saturated carbocycles. The Morgan fingerprint density at radius 1 is 1.47 bits per heavy atom. The molecule has 1 heterocycles. The van der Waals surface area contributed by atoms with Crippen LogP contribution in [0, 0.1) is 0 Å². The van der Waals surface area contributed by atoms with E-state index in [1.165, 1.54) is 24.9 Å². The van der Waals surface area contributed by atoms with Gasteiger partial charge in [0.15, 0.2) is 0 Å². The zero-order valence-corrected chi connectivity index (χ0v) is 13.3. The van der Waals surface area contributed by atoms with Crippen molar-refractivity contribution >= 4 is 24.0 Å². The molecule has 2 atom stereocenters. The molecule has 0 aromatic heterocycles. The summed E-state index contributed by atoms with van der Waals surface area (Å²) >= 11 is 6.06. The molecule has 1 aromatic rings. The van der Waals surface area contributed by atoms with Gasteiger partial charge in [-0.1, -0.05) is 30.7 Å². The Balaban J connectivity index is 0.00000180. The predicted octanol–water partition coefficient (Wildman–Crippen LogP) is 3.55. The monoisotopic (exact) mass is 302 g/mol. The van der Waals surface area contributed by atoms with Crippen molar-refractivity contribution in [2.45, 2.75) is 31.7 Å². The number of halogens is 2. The zero-order valence-electron chi connectivity index (χ0n) is 11.7. The van der Waals surface area contributed by atoms with Crippen LogP contribution >= 0.6 is 24.0 Å². The first kappa shape index (κ1) is 16.8. The lowest BCUT2D eigenvalue weighted by Gasteiger charge is -2.27. The minimum absolute atomic E-state index is 0. The Bertz CT molecular complexity index is 384. The average molecular weight is 303 g/mol. The fourth-order valence-corrected chi connectivity index (χ4v) is 3.07. The van der Waals surface area contributed by atoms with Crippen LogP contribution in [-0.2, 0) is 0 Å². The first-order valence-corrected chi connectivity index (χ1v) is 7.22. The summed E-state index contributed by atoms with van der Waals surface area (Å²) in [6.45, 7) is 5.76. The third-order valence-electron chi connectivity index (χ3n) is 3.86. The van der Waals surface area contributed by atoms with Gasteiger partial charge in [-0.15, -0.1) is 12.4 Å². The lowest BCUT2D eigenvalue weighted by Crippen LogP contribution is -2.38. The Kier molecular flexibility index (Phi) is 7.16. The van der Waals surface area contributed by atoms with Crippen molar-refractivity contribution in [2.24, 2.45) is 0 Å². The van der Waals surface area contributed by atoms with Crippen LogP contribution in [0.1, 0.15) is 31.2 Å². The van der Waals surface area contributed by atoms with Crippen molar-refractivity contribution in [1.82, 2.24) is 10.2 Å². The summed E-state index contributed by atoms with van der Waals surface area (Å²) in [5.74, 6) is 0.543. The van der Waals surface area contributed by atoms with E-state index in [9.17, 15) is 0 Å². The van der Waals surface area contributed by atoms with Gasteiger partial charge < -0.3 is 5.32 Å². The largest absolute Gasteiger partial charge is 0.318 e. The molecule has 0 aliphatic carbocycles. The van der Waals surface area contributed by atoms with Crippen LogP contribution in [0.15, 0.2) is 24.3 Å². The number of likely N-dealkylation sites (N-methyl/N-ethyl adjacent to an activating group) is 1. The third kappa shape index (κ3) is 4.64. The van der Waals surface area contributed by atoms with Crippen LogP contribution in [0.5, 0.6) is 0 Å². The molecule has 0 bridgehead atoms. The highest BCUT2D eigenvalue weighted by Gasteiger charge is 2.25. The van der Waals surface area contributed by atoms with E-state index in [1.807, 2.05) is 19.2 Å². The molecule has 0 amide bonds. The smallest absolute Gasteiger partial charge is 0.0408 e. The Morgan fingerprint density at radius 2 is 2.26 bits per heavy atom. The number of benzene rings is 1. The van der Waals surface area contributed by atoms with E-state index in [1.54, 1.807) is 0 Å². The molecule has 2 nitrogen and oxygen atoms in total. The Morgan fingerprint density at radius 3 is 2.95 bits per heavy atom. The molecular weight excluding hydrogens is 279 g/mol. The molecule has 0 radical (unpaired) electrons. The second kappa shape index (κ2) is 8.11. The summed E-state index contributed by atoms with van der Waals surface area (Å²) in [5.41, 5.74) is 1.35. The van der Waals surface area contributed by atoms with Gasteiger partial charge in [0.05, 0.1) is 0 Å². The zero-order chi connectivity index (χ0) is 13.0. The van der Waals surface area contributed by atoms with Gasteiger partial charge >= 0.3 is 0 Å². The molecule has 1 aromatic carbocycles. The molecule has 2 rings (SSSR count). The van der Waals surface area contributed by atoms with Crippen molar-refractivity contribution < 1.29 is 0 Å². The van der Waals surface area contributed by atoms with Crippen molar-refractivity contribution in [3.63, 3.8) is 0 Å². The highest BCUT2D eigenvalue weighted by atomic mass is 35.5. The number of likely N-dealkylation sites (tertiary alicyclic amines) is 1. The number of hydrogen-bond donors (Lipinski definition) is 1. The summed E-state index contributed by atoms with van der Waals surface area (Å²) in [4.78, 5) is 2.61. The standard InChI is InChI=1S/C15H23ClN2.ClH/c1-12(13-5-3-6-14(16)9-13)11-18-8-4-7-15(18)10-17-2;/h3,5-6,9,12,15,17H,4,7-8,10-11H2,1-2H3;1H. The Hall–Kier alpha value is -0.280. The highest BCUT2D eigenvalue weighted by molar-refractivity contribution is 6.30. The highest BCUT2D eigenvalue weighted by Crippen LogP contribution is 2.24. The average Bonchev–Trinajstić information content (AvgIpc) is 2.77. The van der Waals surface area contributed by atoms with Crippen LogP contribution in [0.3, 0.4) is 0 Å². The second-order valence-electron chi connectivity index (χ2n) is 5.30. The van der Waals surface area contributed by atoms with Gasteiger partial charge in [-0.2, -0.15) is 0 Å². The van der Waals surface area contributed by atoms with Crippen molar-refractivity contribution in [3.8, 4) is 0 Å². The quantitative estimate of drug-likeness (QED) is 0.895. The maximum absolute atomic E-state index is 6.06. The number of nitrogens with one attached hydrogen (secondary N) is 1. The van der Waals surface area contributed by atoms with Crippen LogP contribution in [0.25, 0.3) is 0 Å². The molecule has 0 spiro atoms. The van der Waals surface area contributed by atoms with E-state index in [0.29, 0.717) is 12.0 Å². The predicted molar refractivity (Wildman–Crippen MR) is 85.6 cm³/mol. The van der Waals surface area contributed by atoms with E-state index >= 15 is 0 Å². The number of nitrogens with zero attached hydrogens (tertiary/aromatic N) is 1. The van der Waals surface area contributed by atoms with Crippen LogP contribution in [0.4, 0.5) is 0 Å². The molecule has 1 aliphatic rings. The fraction of sp³-hybridized carbons (Fsp3) is 0.600. The fourth-order valence-electron chi connectivity index (χ4n) is 2.87. The van der Waals surface area contributed by atoms with Crippen molar-refractivity contribution in [2.75, 3.05) is 26.7 Å². The van der Waals surface area contributed by atoms with E-state index < -0.39 is 0 Å². The molecule has 108 valence electrons. The minimum Gasteiger partial charge on any atom is -0.318 e. The minimum atomic E-state index is 0. The molecule has 1 aliphatic heterocycles. The van der Waals surface area contributed by atoms with Crippen LogP contribution in [0.2, 0.25) is 5.02 Å². The molecule has 1 N–H and O–H groups in total. The van der Waals surface area contributed by atoms with Crippen LogP contribution < -0.4 is 5.32 Å². The van der Waals surface area contributed by atoms with E-state index in [-0.39, 0.29) is 12.4 Å². The lowest BCUT2D eigenvalue weighted by atomic mass is 10.0. The summed E-state index contributed by atoms with van der Waals surface area (Å²) in [6, 6.07) is 8.96. The lowest BCUT2D eigenvalue weighted by molar-refractivity contribution is 0.239. The normalized spacial score (nSPS) is 21.1. The first-order chi connectivity index (χ1) is 8.70. The van der Waals surface area contributed by atoms with Gasteiger partial charge in [0, 0.05) is 24.2 Å². The first-order valence-electron chi connectivity index (χ1n) is 6.85. The number of rotatable bonds is 5. The van der Waals surface area contributed by atoms with E-state index in [2.05, 4.69) is 29.3 Å². The molecule has 1 saturated heterocycles. The SMILES string of the molecule is CNCC1CCCN1CC(C)c1cccc(Cl)c1.Cl. The van der Waals surface area contributed by atoms with Gasteiger partial charge in [-0.3, -0.25) is 4.90 Å². The maximum atomic E-state index is 6.06. The topological polar surface area (TPSA) is 15.3 Å². The van der Waals surface area contributed by atoms with Gasteiger partial charge in [0.1, 0.15) is 0 Å².